The topological polar surface area (TPSA) is 52.6 Å². The van der Waals surface area contributed by atoms with Gasteiger partial charge in [0.05, 0.1) is 6.10 Å². The fraction of sp³-hybridized carbons (Fsp3) is 0.833. The number of carbonyl (C=O) groups excluding carboxylic acids is 2. The lowest BCUT2D eigenvalue weighted by molar-refractivity contribution is -0.294. The van der Waals surface area contributed by atoms with E-state index in [2.05, 4.69) is 4.74 Å². The predicted octanol–water partition coefficient (Wildman–Crippen LogP) is 2.84. The Morgan fingerprint density at radius 2 is 1.41 bits per heavy atom. The molecule has 4 nitrogen and oxygen atoms in total. The van der Waals surface area contributed by atoms with Gasteiger partial charge in [-0.1, -0.05) is 0 Å². The molecule has 10 heteroatoms. The fourth-order valence-electron chi connectivity index (χ4n) is 1.41. The molecule has 0 aliphatic heterocycles. The van der Waals surface area contributed by atoms with Crippen LogP contribution in [0.25, 0.3) is 0 Å². The number of methoxy groups -OCH3 is 1. The van der Waals surface area contributed by atoms with Crippen LogP contribution >= 0.6 is 0 Å². The second-order valence-corrected chi connectivity index (χ2v) is 4.78. The summed E-state index contributed by atoms with van der Waals surface area (Å²) in [4.78, 5) is 21.6. The van der Waals surface area contributed by atoms with Gasteiger partial charge in [-0.3, -0.25) is 4.79 Å². The molecular weight excluding hydrogens is 322 g/mol. The number of carbonyl (C=O) groups is 2. The number of ether oxygens (including phenoxy) is 2. The molecule has 0 aromatic carbocycles. The number of Topliss-reactive ketones (excluding diaryl/α,β-unsaturated/α-hetero) is 1. The summed E-state index contributed by atoms with van der Waals surface area (Å²) in [6.45, 7) is 2.60. The molecule has 0 aliphatic carbocycles. The Kier molecular flexibility index (Phi) is 6.43. The number of alkyl halides is 6. The summed E-state index contributed by atoms with van der Waals surface area (Å²) in [6.07, 6.45) is -1.95. The van der Waals surface area contributed by atoms with Gasteiger partial charge >= 0.3 is 23.7 Å². The molecule has 0 rings (SSSR count). The van der Waals surface area contributed by atoms with Gasteiger partial charge < -0.3 is 9.47 Å². The first-order valence-electron chi connectivity index (χ1n) is 6.10. The van der Waals surface area contributed by atoms with Crippen LogP contribution in [0.3, 0.4) is 0 Å². The van der Waals surface area contributed by atoms with E-state index in [-0.39, 0.29) is 13.3 Å². The van der Waals surface area contributed by atoms with Gasteiger partial charge in [0.25, 0.3) is 0 Å². The van der Waals surface area contributed by atoms with Gasteiger partial charge in [-0.25, -0.2) is 4.79 Å². The Balaban J connectivity index is 5.21. The van der Waals surface area contributed by atoms with Gasteiger partial charge in [-0.05, 0) is 13.8 Å². The summed E-state index contributed by atoms with van der Waals surface area (Å²) >= 11 is 0. The first-order valence-corrected chi connectivity index (χ1v) is 6.10. The van der Waals surface area contributed by atoms with Gasteiger partial charge in [-0.15, -0.1) is 0 Å². The van der Waals surface area contributed by atoms with Crippen LogP contribution in [0.1, 0.15) is 27.2 Å². The Morgan fingerprint density at radius 1 is 0.955 bits per heavy atom. The van der Waals surface area contributed by atoms with Crippen LogP contribution in [0.15, 0.2) is 0 Å². The van der Waals surface area contributed by atoms with E-state index in [1.807, 2.05) is 0 Å². The van der Waals surface area contributed by atoms with Gasteiger partial charge in [-0.2, -0.15) is 26.3 Å². The van der Waals surface area contributed by atoms with Gasteiger partial charge in [0, 0.05) is 20.5 Å². The van der Waals surface area contributed by atoms with E-state index in [0.717, 1.165) is 6.92 Å². The van der Waals surface area contributed by atoms with E-state index in [1.54, 1.807) is 0 Å². The second-order valence-electron chi connectivity index (χ2n) is 4.78. The average molecular weight is 338 g/mol. The lowest BCUT2D eigenvalue weighted by Gasteiger charge is -2.30. The van der Waals surface area contributed by atoms with Crippen LogP contribution < -0.4 is 0 Å². The first-order chi connectivity index (χ1) is 9.71. The van der Waals surface area contributed by atoms with Crippen molar-refractivity contribution in [2.75, 3.05) is 7.11 Å². The molecular formula is C12H16F6O4. The molecule has 0 radical (unpaired) electrons. The molecule has 0 aromatic rings. The zero-order valence-electron chi connectivity index (χ0n) is 12.3. The van der Waals surface area contributed by atoms with Crippen molar-refractivity contribution in [3.8, 4) is 0 Å². The maximum atomic E-state index is 13.3. The summed E-state index contributed by atoms with van der Waals surface area (Å²) in [7, 11) is 1.27. The largest absolute Gasteiger partial charge is 0.458 e. The molecule has 0 saturated carbocycles. The highest BCUT2D eigenvalue weighted by Gasteiger charge is 2.77. The third-order valence-electron chi connectivity index (χ3n) is 2.86. The zero-order valence-corrected chi connectivity index (χ0v) is 12.3. The highest BCUT2D eigenvalue weighted by molar-refractivity contribution is 5.87. The van der Waals surface area contributed by atoms with Crippen LogP contribution in [-0.4, -0.2) is 48.8 Å². The number of hydrogen-bond acceptors (Lipinski definition) is 4. The van der Waals surface area contributed by atoms with Crippen molar-refractivity contribution in [2.24, 2.45) is 0 Å². The molecule has 2 unspecified atom stereocenters. The molecule has 0 bridgehead atoms. The second kappa shape index (κ2) is 6.84. The van der Waals surface area contributed by atoms with Crippen LogP contribution in [-0.2, 0) is 19.1 Å². The van der Waals surface area contributed by atoms with Crippen molar-refractivity contribution < 1.29 is 45.4 Å². The Morgan fingerprint density at radius 3 is 1.77 bits per heavy atom. The van der Waals surface area contributed by atoms with Crippen molar-refractivity contribution in [3.63, 3.8) is 0 Å². The number of hydrogen-bond donors (Lipinski definition) is 0. The van der Waals surface area contributed by atoms with E-state index < -0.39 is 41.7 Å². The number of rotatable bonds is 8. The quantitative estimate of drug-likeness (QED) is 0.504. The molecule has 0 fully saturated rings. The Labute approximate surface area is 122 Å². The summed E-state index contributed by atoms with van der Waals surface area (Å²) < 4.78 is 87.9. The maximum absolute atomic E-state index is 13.3. The van der Waals surface area contributed by atoms with E-state index in [0.29, 0.717) is 0 Å². The van der Waals surface area contributed by atoms with Gasteiger partial charge in [0.15, 0.2) is 0 Å². The van der Waals surface area contributed by atoms with Gasteiger partial charge in [0.1, 0.15) is 6.10 Å². The third-order valence-corrected chi connectivity index (χ3v) is 2.86. The molecule has 22 heavy (non-hydrogen) atoms. The molecule has 0 N–H and O–H groups in total. The van der Waals surface area contributed by atoms with Crippen molar-refractivity contribution in [3.05, 3.63) is 0 Å². The molecule has 0 spiro atoms. The predicted molar refractivity (Wildman–Crippen MR) is 62.2 cm³/mol. The minimum Gasteiger partial charge on any atom is -0.458 e. The summed E-state index contributed by atoms with van der Waals surface area (Å²) in [5.41, 5.74) is 0. The van der Waals surface area contributed by atoms with Crippen molar-refractivity contribution in [2.45, 2.75) is 57.2 Å². The Bertz CT molecular complexity index is 424. The minimum absolute atomic E-state index is 0.0121. The van der Waals surface area contributed by atoms with Crippen molar-refractivity contribution in [1.29, 1.82) is 0 Å². The fourth-order valence-corrected chi connectivity index (χ4v) is 1.41. The molecule has 130 valence electrons. The van der Waals surface area contributed by atoms with Gasteiger partial charge in [0.2, 0.25) is 5.78 Å². The highest BCUT2D eigenvalue weighted by atomic mass is 19.3. The summed E-state index contributed by atoms with van der Waals surface area (Å²) in [5.74, 6) is -23.1. The molecule has 2 atom stereocenters. The lowest BCUT2D eigenvalue weighted by atomic mass is 10.0. The number of esters is 1. The standard InChI is InChI=1S/C12H16F6O4/c1-6(21-4)5-7(2)22-9(20)11(15,16)12(17,18)10(13,14)8(3)19/h6-7H,5H2,1-4H3. The molecule has 0 aliphatic rings. The SMILES string of the molecule is COC(C)CC(C)OC(=O)C(F)(F)C(F)(F)C(F)(F)C(C)=O. The van der Waals surface area contributed by atoms with E-state index in [9.17, 15) is 35.9 Å². The average Bonchev–Trinajstić information content (AvgIpc) is 2.37. The smallest absolute Gasteiger partial charge is 0.411 e. The number of ketones is 1. The van der Waals surface area contributed by atoms with E-state index in [4.69, 9.17) is 4.74 Å². The van der Waals surface area contributed by atoms with E-state index >= 15 is 0 Å². The normalized spacial score (nSPS) is 16.1. The van der Waals surface area contributed by atoms with Crippen LogP contribution in [0, 0.1) is 0 Å². The lowest BCUT2D eigenvalue weighted by Crippen LogP contribution is -2.61. The third kappa shape index (κ3) is 3.90. The highest BCUT2D eigenvalue weighted by Crippen LogP contribution is 2.46. The van der Waals surface area contributed by atoms with Crippen molar-refractivity contribution >= 4 is 11.8 Å². The van der Waals surface area contributed by atoms with Crippen LogP contribution in [0.2, 0.25) is 0 Å². The maximum Gasteiger partial charge on any atom is 0.411 e. The van der Waals surface area contributed by atoms with Crippen LogP contribution in [0.5, 0.6) is 0 Å². The molecule has 0 amide bonds. The molecule has 0 aromatic heterocycles. The Hall–Kier alpha value is -1.32. The van der Waals surface area contributed by atoms with E-state index in [1.165, 1.54) is 14.0 Å². The zero-order chi connectivity index (χ0) is 17.9. The summed E-state index contributed by atoms with van der Waals surface area (Å²) in [5, 5.41) is 0. The molecule has 0 saturated heterocycles. The first kappa shape index (κ1) is 20.7. The van der Waals surface area contributed by atoms with Crippen LogP contribution in [0.4, 0.5) is 26.3 Å². The molecule has 0 heterocycles. The number of halogens is 6. The van der Waals surface area contributed by atoms with Crippen molar-refractivity contribution in [1.82, 2.24) is 0 Å². The monoisotopic (exact) mass is 338 g/mol. The summed E-state index contributed by atoms with van der Waals surface area (Å²) in [6, 6.07) is 0. The minimum atomic E-state index is -6.21.